The van der Waals surface area contributed by atoms with E-state index in [0.29, 0.717) is 17.7 Å². The third-order valence-corrected chi connectivity index (χ3v) is 6.03. The number of methoxy groups -OCH3 is 1. The summed E-state index contributed by atoms with van der Waals surface area (Å²) in [5.41, 5.74) is 2.90. The number of piperidine rings is 1. The molecule has 2 heterocycles. The van der Waals surface area contributed by atoms with Gasteiger partial charge >= 0.3 is 0 Å². The van der Waals surface area contributed by atoms with Crippen molar-refractivity contribution in [3.05, 3.63) is 47.3 Å². The van der Waals surface area contributed by atoms with E-state index in [2.05, 4.69) is 32.5 Å². The smallest absolute Gasteiger partial charge is 0.271 e. The van der Waals surface area contributed by atoms with E-state index in [9.17, 15) is 4.79 Å². The van der Waals surface area contributed by atoms with Gasteiger partial charge in [0.15, 0.2) is 0 Å². The van der Waals surface area contributed by atoms with Crippen molar-refractivity contribution in [1.82, 2.24) is 20.4 Å². The molecule has 1 aromatic heterocycles. The van der Waals surface area contributed by atoms with Crippen LogP contribution >= 0.6 is 0 Å². The minimum Gasteiger partial charge on any atom is -0.497 e. The van der Waals surface area contributed by atoms with Gasteiger partial charge in [0.1, 0.15) is 11.4 Å². The van der Waals surface area contributed by atoms with Gasteiger partial charge in [-0.15, -0.1) is 0 Å². The lowest BCUT2D eigenvalue weighted by molar-refractivity contribution is 0.0933. The lowest BCUT2D eigenvalue weighted by Gasteiger charge is -2.32. The zero-order valence-electron chi connectivity index (χ0n) is 16.6. The number of aromatic amines is 1. The van der Waals surface area contributed by atoms with Crippen molar-refractivity contribution < 1.29 is 9.53 Å². The number of hydrogen-bond donors (Lipinski definition) is 2. The van der Waals surface area contributed by atoms with Crippen LogP contribution in [0.1, 0.15) is 66.2 Å². The molecule has 0 radical (unpaired) electrons. The summed E-state index contributed by atoms with van der Waals surface area (Å²) in [6.45, 7) is 3.02. The lowest BCUT2D eigenvalue weighted by Crippen LogP contribution is -2.34. The molecule has 6 heteroatoms. The van der Waals surface area contributed by atoms with Crippen LogP contribution in [0.3, 0.4) is 0 Å². The van der Waals surface area contributed by atoms with E-state index in [1.165, 1.54) is 18.4 Å². The summed E-state index contributed by atoms with van der Waals surface area (Å²) in [5.74, 6) is 1.24. The highest BCUT2D eigenvalue weighted by Gasteiger charge is 2.25. The number of nitrogens with one attached hydrogen (secondary N) is 2. The summed E-state index contributed by atoms with van der Waals surface area (Å²) in [6.07, 6.45) is 6.89. The predicted octanol–water partition coefficient (Wildman–Crippen LogP) is 3.47. The Labute approximate surface area is 166 Å². The van der Waals surface area contributed by atoms with Crippen molar-refractivity contribution in [3.8, 4) is 5.75 Å². The van der Waals surface area contributed by atoms with Crippen LogP contribution < -0.4 is 10.1 Å². The summed E-state index contributed by atoms with van der Waals surface area (Å²) >= 11 is 0. The first kappa shape index (κ1) is 19.0. The highest BCUT2D eigenvalue weighted by atomic mass is 16.5. The maximum atomic E-state index is 12.4. The first-order valence-corrected chi connectivity index (χ1v) is 10.4. The lowest BCUT2D eigenvalue weighted by atomic mass is 9.94. The molecule has 2 aliphatic rings. The third-order valence-electron chi connectivity index (χ3n) is 6.03. The Kier molecular flexibility index (Phi) is 5.95. The highest BCUT2D eigenvalue weighted by molar-refractivity contribution is 5.92. The maximum absolute atomic E-state index is 12.4. The fourth-order valence-corrected chi connectivity index (χ4v) is 4.43. The molecule has 1 saturated heterocycles. The van der Waals surface area contributed by atoms with Crippen LogP contribution in [0.4, 0.5) is 0 Å². The molecule has 6 nitrogen and oxygen atoms in total. The van der Waals surface area contributed by atoms with E-state index in [1.807, 2.05) is 18.2 Å². The fraction of sp³-hybridized carbons (Fsp3) is 0.545. The van der Waals surface area contributed by atoms with Crippen LogP contribution in [-0.2, 0) is 6.54 Å². The molecule has 2 aromatic rings. The van der Waals surface area contributed by atoms with E-state index in [-0.39, 0.29) is 5.91 Å². The molecule has 4 rings (SSSR count). The molecule has 150 valence electrons. The number of nitrogens with zero attached hydrogens (tertiary/aromatic N) is 2. The second-order valence-electron chi connectivity index (χ2n) is 8.09. The van der Waals surface area contributed by atoms with Crippen molar-refractivity contribution in [3.63, 3.8) is 0 Å². The summed E-state index contributed by atoms with van der Waals surface area (Å²) in [6, 6.07) is 10.6. The van der Waals surface area contributed by atoms with Gasteiger partial charge in [0.2, 0.25) is 0 Å². The SMILES string of the molecule is COc1ccc(CN2CCC[C@@H](c3cc(C(=O)NC4CCCC4)n[nH]3)C2)cc1. The van der Waals surface area contributed by atoms with Crippen LogP contribution in [0.25, 0.3) is 0 Å². The van der Waals surface area contributed by atoms with Crippen LogP contribution in [0.15, 0.2) is 30.3 Å². The Morgan fingerprint density at radius 2 is 2.00 bits per heavy atom. The van der Waals surface area contributed by atoms with Gasteiger partial charge < -0.3 is 10.1 Å². The van der Waals surface area contributed by atoms with Gasteiger partial charge in [-0.2, -0.15) is 5.10 Å². The normalized spacial score (nSPS) is 21.0. The Bertz CT molecular complexity index is 780. The third kappa shape index (κ3) is 4.55. The van der Waals surface area contributed by atoms with Crippen molar-refractivity contribution in [2.75, 3.05) is 20.2 Å². The molecule has 2 fully saturated rings. The summed E-state index contributed by atoms with van der Waals surface area (Å²) < 4.78 is 5.24. The quantitative estimate of drug-likeness (QED) is 0.803. The minimum absolute atomic E-state index is 0.0414. The number of aromatic nitrogens is 2. The van der Waals surface area contributed by atoms with Gasteiger partial charge in [0.05, 0.1) is 7.11 Å². The number of rotatable bonds is 6. The molecule has 1 amide bonds. The predicted molar refractivity (Wildman–Crippen MR) is 109 cm³/mol. The van der Waals surface area contributed by atoms with Gasteiger partial charge in [0, 0.05) is 30.7 Å². The van der Waals surface area contributed by atoms with Crippen LogP contribution in [-0.4, -0.2) is 47.2 Å². The van der Waals surface area contributed by atoms with E-state index >= 15 is 0 Å². The van der Waals surface area contributed by atoms with Crippen molar-refractivity contribution >= 4 is 5.91 Å². The molecule has 1 atom stereocenters. The van der Waals surface area contributed by atoms with Crippen LogP contribution in [0.2, 0.25) is 0 Å². The number of benzene rings is 1. The zero-order chi connectivity index (χ0) is 19.3. The molecule has 1 aromatic carbocycles. The topological polar surface area (TPSA) is 70.2 Å². The molecule has 2 N–H and O–H groups in total. The van der Waals surface area contributed by atoms with Crippen LogP contribution in [0, 0.1) is 0 Å². The average Bonchev–Trinajstić information content (AvgIpc) is 3.41. The molecule has 0 bridgehead atoms. The molecule has 0 spiro atoms. The molecule has 1 aliphatic carbocycles. The van der Waals surface area contributed by atoms with Gasteiger partial charge in [-0.3, -0.25) is 14.8 Å². The molecule has 1 aliphatic heterocycles. The van der Waals surface area contributed by atoms with Crippen molar-refractivity contribution in [1.29, 1.82) is 0 Å². The summed E-state index contributed by atoms with van der Waals surface area (Å²) in [5, 5.41) is 10.5. The summed E-state index contributed by atoms with van der Waals surface area (Å²) in [4.78, 5) is 14.9. The highest BCUT2D eigenvalue weighted by Crippen LogP contribution is 2.27. The Morgan fingerprint density at radius 3 is 2.75 bits per heavy atom. The van der Waals surface area contributed by atoms with Crippen molar-refractivity contribution in [2.45, 2.75) is 57.0 Å². The number of H-pyrrole nitrogens is 1. The molecule has 28 heavy (non-hydrogen) atoms. The van der Waals surface area contributed by atoms with E-state index in [4.69, 9.17) is 4.74 Å². The standard InChI is InChI=1S/C22H30N4O2/c1-28-19-10-8-16(9-11-19)14-26-12-4-5-17(15-26)20-13-21(25-24-20)22(27)23-18-6-2-3-7-18/h8-11,13,17-18H,2-7,12,14-15H2,1H3,(H,23,27)(H,24,25)/t17-/m1/s1. The van der Waals surface area contributed by atoms with Gasteiger partial charge in [-0.05, 0) is 56.0 Å². The Balaban J connectivity index is 1.35. The summed E-state index contributed by atoms with van der Waals surface area (Å²) in [7, 11) is 1.69. The zero-order valence-corrected chi connectivity index (χ0v) is 16.6. The Morgan fingerprint density at radius 1 is 1.21 bits per heavy atom. The number of ether oxygens (including phenoxy) is 1. The van der Waals surface area contributed by atoms with Gasteiger partial charge in [-0.25, -0.2) is 0 Å². The second kappa shape index (κ2) is 8.78. The number of carbonyl (C=O) groups excluding carboxylic acids is 1. The fourth-order valence-electron chi connectivity index (χ4n) is 4.43. The first-order chi connectivity index (χ1) is 13.7. The monoisotopic (exact) mass is 382 g/mol. The molecule has 1 saturated carbocycles. The second-order valence-corrected chi connectivity index (χ2v) is 8.09. The number of carbonyl (C=O) groups is 1. The minimum atomic E-state index is -0.0414. The number of likely N-dealkylation sites (tertiary alicyclic amines) is 1. The maximum Gasteiger partial charge on any atom is 0.271 e. The number of amides is 1. The van der Waals surface area contributed by atoms with E-state index < -0.39 is 0 Å². The molecular formula is C22H30N4O2. The van der Waals surface area contributed by atoms with Gasteiger partial charge in [0.25, 0.3) is 5.91 Å². The van der Waals surface area contributed by atoms with Gasteiger partial charge in [-0.1, -0.05) is 25.0 Å². The Hall–Kier alpha value is -2.34. The van der Waals surface area contributed by atoms with Crippen LogP contribution in [0.5, 0.6) is 5.75 Å². The molecule has 0 unspecified atom stereocenters. The number of hydrogen-bond acceptors (Lipinski definition) is 4. The van der Waals surface area contributed by atoms with Crippen molar-refractivity contribution in [2.24, 2.45) is 0 Å². The molecular weight excluding hydrogens is 352 g/mol. The average molecular weight is 383 g/mol. The first-order valence-electron chi connectivity index (χ1n) is 10.4. The largest absolute Gasteiger partial charge is 0.497 e. The van der Waals surface area contributed by atoms with E-state index in [0.717, 1.165) is 56.8 Å². The van der Waals surface area contributed by atoms with E-state index in [1.54, 1.807) is 7.11 Å².